The van der Waals surface area contributed by atoms with E-state index in [1.54, 1.807) is 12.1 Å². The van der Waals surface area contributed by atoms with Gasteiger partial charge < -0.3 is 0 Å². The van der Waals surface area contributed by atoms with Gasteiger partial charge in [0.25, 0.3) is 11.8 Å². The lowest BCUT2D eigenvalue weighted by Crippen LogP contribution is -2.45. The average molecular weight is 1190 g/mol. The molecule has 0 N–H and O–H groups in total. The number of nitrogens with zero attached hydrogens (tertiary/aromatic N) is 2. The van der Waals surface area contributed by atoms with Crippen molar-refractivity contribution in [2.45, 2.75) is 46.7 Å². The van der Waals surface area contributed by atoms with Gasteiger partial charge in [0, 0.05) is 28.6 Å². The number of thioether (sulfide) groups is 1. The Morgan fingerprint density at radius 1 is 0.434 bits per heavy atom. The van der Waals surface area contributed by atoms with Crippen molar-refractivity contribution in [3.8, 4) is 0 Å². The molecule has 392 valence electrons. The maximum absolute atomic E-state index is 13.7. The van der Waals surface area contributed by atoms with Crippen LogP contribution in [-0.4, -0.2) is 65.6 Å². The van der Waals surface area contributed by atoms with E-state index in [4.69, 9.17) is 9.68 Å². The van der Waals surface area contributed by atoms with E-state index in [0.717, 1.165) is 92.5 Å². The Labute approximate surface area is 466 Å². The van der Waals surface area contributed by atoms with E-state index in [1.807, 2.05) is 182 Å². The summed E-state index contributed by atoms with van der Waals surface area (Å²) < 4.78 is 53.0. The molecule has 14 heteroatoms. The number of alkyl halides is 2. The molecule has 0 aliphatic heterocycles. The van der Waals surface area contributed by atoms with Gasteiger partial charge in [0.15, 0.2) is 21.0 Å². The zero-order valence-corrected chi connectivity index (χ0v) is 46.5. The van der Waals surface area contributed by atoms with Crippen molar-refractivity contribution in [3.63, 3.8) is 0 Å². The fourth-order valence-corrected chi connectivity index (χ4v) is 11.3. The smallest absolute Gasteiger partial charge is 0.261 e. The number of unbranched alkanes of at least 4 members (excludes halogenated alkanes) is 2. The van der Waals surface area contributed by atoms with Crippen LogP contribution in [0.4, 0.5) is 8.78 Å². The molecule has 0 bridgehead atoms. The molecule has 0 atom stereocenters. The monoisotopic (exact) mass is 1190 g/mol. The predicted molar refractivity (Wildman–Crippen MR) is 306 cm³/mol. The van der Waals surface area contributed by atoms with Gasteiger partial charge >= 0.3 is 0 Å². The van der Waals surface area contributed by atoms with Crippen LogP contribution in [-0.2, 0) is 40.3 Å². The molecule has 8 rings (SSSR count). The Kier molecular flexibility index (Phi) is 21.7. The van der Waals surface area contributed by atoms with Crippen LogP contribution in [0.1, 0.15) is 59.1 Å². The van der Waals surface area contributed by atoms with Crippen LogP contribution >= 0.6 is 43.6 Å². The minimum Gasteiger partial charge on any atom is -0.272 e. The van der Waals surface area contributed by atoms with Crippen molar-refractivity contribution in [1.82, 2.24) is 10.1 Å². The van der Waals surface area contributed by atoms with E-state index >= 15 is 0 Å². The van der Waals surface area contributed by atoms with Crippen molar-refractivity contribution >= 4 is 65.3 Å². The molecular weight excluding hydrogens is 1130 g/mol. The second kappa shape index (κ2) is 28.8. The summed E-state index contributed by atoms with van der Waals surface area (Å²) in [6, 6.07) is 69.3. The summed E-state index contributed by atoms with van der Waals surface area (Å²) in [5, 5.41) is 4.27. The average Bonchev–Trinajstić information content (AvgIpc) is 3.49. The van der Waals surface area contributed by atoms with Crippen molar-refractivity contribution in [1.29, 1.82) is 0 Å². The molecule has 0 saturated carbocycles. The summed E-state index contributed by atoms with van der Waals surface area (Å²) in [6.45, 7) is 0.625. The van der Waals surface area contributed by atoms with Crippen LogP contribution < -0.4 is 0 Å². The van der Waals surface area contributed by atoms with Gasteiger partial charge in [-0.2, -0.15) is 0 Å². The molecule has 8 aromatic carbocycles. The Morgan fingerprint density at radius 2 is 0.737 bits per heavy atom. The minimum atomic E-state index is -4.05. The second-order valence-corrected chi connectivity index (χ2v) is 22.1. The van der Waals surface area contributed by atoms with Gasteiger partial charge in [-0.05, 0) is 108 Å². The topological polar surface area (TPSA) is 93.2 Å². The highest BCUT2D eigenvalue weighted by Crippen LogP contribution is 2.43. The van der Waals surface area contributed by atoms with Crippen molar-refractivity contribution in [3.05, 3.63) is 276 Å². The number of benzene rings is 8. The van der Waals surface area contributed by atoms with E-state index in [2.05, 4.69) is 31.9 Å². The first kappa shape index (κ1) is 57.4. The van der Waals surface area contributed by atoms with Gasteiger partial charge in [0.05, 0.1) is 10.6 Å². The predicted octanol–water partition coefficient (Wildman–Crippen LogP) is 14.4. The lowest BCUT2D eigenvalue weighted by Gasteiger charge is -2.39. The van der Waals surface area contributed by atoms with Crippen LogP contribution in [0.5, 0.6) is 0 Å². The number of amides is 2. The van der Waals surface area contributed by atoms with Gasteiger partial charge in [0.1, 0.15) is 17.4 Å². The van der Waals surface area contributed by atoms with Gasteiger partial charge in [-0.3, -0.25) is 9.59 Å². The van der Waals surface area contributed by atoms with E-state index in [1.165, 1.54) is 34.0 Å². The summed E-state index contributed by atoms with van der Waals surface area (Å²) in [5.41, 5.74) is 2.85. The SMILES string of the molecule is O=C(CS(=O)(=O)c1ccc(F)cc1)N(CCCCBr)OC(c1ccccc1)(c1ccccc1)c1ccccc1.O=C(CSc1ccc(F)cc1)N(CCCCBr)OC(c1ccccc1)(c1ccccc1)c1ccccc1. The summed E-state index contributed by atoms with van der Waals surface area (Å²) in [5.74, 6) is -2.35. The van der Waals surface area contributed by atoms with Crippen LogP contribution in [0.2, 0.25) is 0 Å². The molecule has 76 heavy (non-hydrogen) atoms. The highest BCUT2D eigenvalue weighted by atomic mass is 79.9. The molecule has 2 amide bonds. The number of hydroxylamine groups is 4. The van der Waals surface area contributed by atoms with Gasteiger partial charge in [-0.25, -0.2) is 37.0 Å². The number of hydrogen-bond donors (Lipinski definition) is 0. The maximum atomic E-state index is 13.7. The van der Waals surface area contributed by atoms with Crippen molar-refractivity contribution in [2.24, 2.45) is 0 Å². The number of carbonyl (C=O) groups excluding carboxylic acids is 2. The number of sulfone groups is 1. The molecular formula is C62H58Br2F2N2O6S2. The summed E-state index contributed by atoms with van der Waals surface area (Å²) in [6.07, 6.45) is 3.04. The Hall–Kier alpha value is -6.26. The fourth-order valence-electron chi connectivity index (χ4n) is 8.53. The lowest BCUT2D eigenvalue weighted by molar-refractivity contribution is -0.221. The lowest BCUT2D eigenvalue weighted by atomic mass is 9.80. The molecule has 0 radical (unpaired) electrons. The first-order valence-corrected chi connectivity index (χ1v) is 29.7. The molecule has 0 aromatic heterocycles. The first-order chi connectivity index (χ1) is 37.0. The number of rotatable bonds is 24. The molecule has 0 unspecified atom stereocenters. The van der Waals surface area contributed by atoms with E-state index in [9.17, 15) is 26.8 Å². The van der Waals surface area contributed by atoms with E-state index in [0.29, 0.717) is 13.0 Å². The third-order valence-corrected chi connectivity index (χ3v) is 16.0. The van der Waals surface area contributed by atoms with E-state index < -0.39 is 38.5 Å². The number of halogens is 4. The first-order valence-electron chi connectivity index (χ1n) is 24.8. The maximum Gasteiger partial charge on any atom is 0.261 e. The standard InChI is InChI=1S/C31H29BrFNO4S.C31H29BrFNO2S/c32-22-10-11-23-34(30(35)24-39(36,37)29-20-18-28(33)19-21-29)38-31(25-12-4-1-5-13-25,26-14-6-2-7-15-26)27-16-8-3-9-17-27;32-22-10-11-23-34(30(35)24-37-29-20-18-28(33)19-21-29)36-31(25-12-4-1-5-13-25,26-14-6-2-7-15-26)27-16-8-3-9-17-27/h1-9,12-21H,10-11,22-24H2;1-9,12-21H,10-11,22-24H2. The van der Waals surface area contributed by atoms with Crippen LogP contribution in [0.15, 0.2) is 240 Å². The highest BCUT2D eigenvalue weighted by Gasteiger charge is 2.43. The Balaban J connectivity index is 0.000000221. The minimum absolute atomic E-state index is 0.127. The Bertz CT molecular complexity index is 2930. The van der Waals surface area contributed by atoms with Gasteiger partial charge in [-0.15, -0.1) is 11.8 Å². The molecule has 8 aromatic rings. The second-order valence-electron chi connectivity index (χ2n) is 17.5. The molecule has 0 saturated heterocycles. The zero-order valence-electron chi connectivity index (χ0n) is 41.7. The number of hydrogen-bond acceptors (Lipinski definition) is 7. The molecule has 0 spiro atoms. The fraction of sp³-hybridized carbons (Fsp3) is 0.194. The molecule has 0 aliphatic rings. The Morgan fingerprint density at radius 3 is 1.05 bits per heavy atom. The summed E-state index contributed by atoms with van der Waals surface area (Å²) >= 11 is 8.29. The largest absolute Gasteiger partial charge is 0.272 e. The highest BCUT2D eigenvalue weighted by molar-refractivity contribution is 9.09. The van der Waals surface area contributed by atoms with Gasteiger partial charge in [-0.1, -0.05) is 214 Å². The molecule has 8 nitrogen and oxygen atoms in total. The normalized spacial score (nSPS) is 11.5. The summed E-state index contributed by atoms with van der Waals surface area (Å²) in [7, 11) is -4.05. The number of carbonyl (C=O) groups is 2. The van der Waals surface area contributed by atoms with Crippen LogP contribution in [0.25, 0.3) is 0 Å². The third-order valence-electron chi connectivity index (χ3n) is 12.3. The van der Waals surface area contributed by atoms with Crippen LogP contribution in [0.3, 0.4) is 0 Å². The quantitative estimate of drug-likeness (QED) is 0.0149. The van der Waals surface area contributed by atoms with E-state index in [-0.39, 0.29) is 28.9 Å². The summed E-state index contributed by atoms with van der Waals surface area (Å²) in [4.78, 5) is 41.7. The van der Waals surface area contributed by atoms with Gasteiger partial charge in [0.2, 0.25) is 0 Å². The molecule has 0 heterocycles. The third kappa shape index (κ3) is 15.0. The molecule has 0 fully saturated rings. The van der Waals surface area contributed by atoms with Crippen molar-refractivity contribution in [2.75, 3.05) is 35.3 Å². The van der Waals surface area contributed by atoms with Crippen molar-refractivity contribution < 1.29 is 36.5 Å². The van der Waals surface area contributed by atoms with Crippen LogP contribution in [0, 0.1) is 11.6 Å². The zero-order chi connectivity index (χ0) is 53.6. The molecule has 0 aliphatic carbocycles.